The number of benzene rings is 1. The van der Waals surface area contributed by atoms with Gasteiger partial charge in [0.25, 0.3) is 0 Å². The molecule has 0 radical (unpaired) electrons. The Labute approximate surface area is 260 Å². The molecule has 0 unspecified atom stereocenters. The van der Waals surface area contributed by atoms with Crippen molar-refractivity contribution < 1.29 is 119 Å². The first kappa shape index (κ1) is 44.0. The van der Waals surface area contributed by atoms with Crippen LogP contribution in [0.2, 0.25) is 0 Å². The van der Waals surface area contributed by atoms with Gasteiger partial charge in [0.1, 0.15) is 5.75 Å². The Morgan fingerprint density at radius 3 is 0.979 bits per heavy atom. The predicted molar refractivity (Wildman–Crippen MR) is 111 cm³/mol. The number of hydrogen-bond donors (Lipinski definition) is 0. The fourth-order valence-electron chi connectivity index (χ4n) is 2.85. The first-order valence-corrected chi connectivity index (χ1v) is 12.5. The average molecular weight is 882 g/mol. The van der Waals surface area contributed by atoms with Crippen LogP contribution in [-0.2, 0) is 11.2 Å². The Morgan fingerprint density at radius 1 is 0.396 bits per heavy atom. The van der Waals surface area contributed by atoms with Gasteiger partial charge in [-0.05, 0) is 24.1 Å². The molecular weight excluding hydrogens is 874 g/mol. The Morgan fingerprint density at radius 2 is 0.688 bits per heavy atom. The molecule has 0 bridgehead atoms. The molecule has 0 aromatic heterocycles. The third kappa shape index (κ3) is 6.47. The van der Waals surface area contributed by atoms with Gasteiger partial charge < -0.3 is 4.74 Å². The largest absolute Gasteiger partial charge is 0.471 e. The minimum Gasteiger partial charge on any atom is -0.428 e. The molecule has 0 aliphatic heterocycles. The van der Waals surface area contributed by atoms with Gasteiger partial charge in [0.2, 0.25) is 0 Å². The van der Waals surface area contributed by atoms with Crippen molar-refractivity contribution >= 4 is 22.6 Å². The fraction of sp³-hybridized carbons (Fsp3) is 0.700. The summed E-state index contributed by atoms with van der Waals surface area (Å²) in [4.78, 5) is 0. The first-order chi connectivity index (χ1) is 20.7. The van der Waals surface area contributed by atoms with Crippen LogP contribution >= 0.6 is 22.6 Å². The standard InChI is InChI=1S/C20H8F25IO2/c21-9(22,13(29,30)17(37,38)39)10(23,24)15(33,34)19(42,43)48-20(44,45)16(35,36)12(27,28)11(25,26)14(31,32)18(40,41)47-8-3-1-7(2-4-8)5-6-46/h1-4H,5-6H2. The second-order valence-corrected chi connectivity index (χ2v) is 10.0. The molecule has 0 aliphatic rings. The van der Waals surface area contributed by atoms with E-state index in [2.05, 4.69) is 4.74 Å². The van der Waals surface area contributed by atoms with Crippen molar-refractivity contribution in [2.45, 2.75) is 78.3 Å². The van der Waals surface area contributed by atoms with Crippen molar-refractivity contribution in [3.8, 4) is 5.75 Å². The third-order valence-electron chi connectivity index (χ3n) is 5.63. The summed E-state index contributed by atoms with van der Waals surface area (Å²) in [5, 5.41) is 0. The van der Waals surface area contributed by atoms with Crippen molar-refractivity contribution in [3.63, 3.8) is 0 Å². The molecule has 282 valence electrons. The molecule has 1 aromatic rings. The van der Waals surface area contributed by atoms with Crippen LogP contribution < -0.4 is 4.74 Å². The smallest absolute Gasteiger partial charge is 0.428 e. The predicted octanol–water partition coefficient (Wildman–Crippen LogP) is 10.5. The number of halogens is 26. The molecule has 0 spiro atoms. The monoisotopic (exact) mass is 882 g/mol. The van der Waals surface area contributed by atoms with E-state index in [9.17, 15) is 110 Å². The molecule has 0 fully saturated rings. The molecule has 2 nitrogen and oxygen atoms in total. The van der Waals surface area contributed by atoms with Crippen LogP contribution in [0.3, 0.4) is 0 Å². The highest BCUT2D eigenvalue weighted by molar-refractivity contribution is 14.1. The van der Waals surface area contributed by atoms with Crippen LogP contribution in [0, 0.1) is 0 Å². The van der Waals surface area contributed by atoms with Crippen molar-refractivity contribution in [3.05, 3.63) is 29.8 Å². The maximum Gasteiger partial charge on any atom is 0.471 e. The number of alkyl halides is 26. The summed E-state index contributed by atoms with van der Waals surface area (Å²) in [6, 6.07) is 2.01. The number of aryl methyl sites for hydroxylation is 1. The third-order valence-corrected chi connectivity index (χ3v) is 6.17. The van der Waals surface area contributed by atoms with E-state index >= 15 is 0 Å². The van der Waals surface area contributed by atoms with Gasteiger partial charge in [-0.15, -0.1) is 0 Å². The van der Waals surface area contributed by atoms with Crippen molar-refractivity contribution in [2.24, 2.45) is 0 Å². The lowest BCUT2D eigenvalue weighted by molar-refractivity contribution is -0.529. The molecule has 0 saturated heterocycles. The van der Waals surface area contributed by atoms with Gasteiger partial charge in [0.15, 0.2) is 0 Å². The van der Waals surface area contributed by atoms with E-state index in [0.717, 1.165) is 16.9 Å². The van der Waals surface area contributed by atoms with E-state index < -0.39 is 77.6 Å². The van der Waals surface area contributed by atoms with Crippen molar-refractivity contribution in [2.75, 3.05) is 4.43 Å². The lowest BCUT2D eigenvalue weighted by Gasteiger charge is -2.42. The maximum absolute atomic E-state index is 14.0. The van der Waals surface area contributed by atoms with Crippen LogP contribution in [0.4, 0.5) is 110 Å². The minimum absolute atomic E-state index is 0.119. The van der Waals surface area contributed by atoms with E-state index in [1.807, 2.05) is 0 Å². The average Bonchev–Trinajstić information content (AvgIpc) is 2.87. The first-order valence-electron chi connectivity index (χ1n) is 11.0. The van der Waals surface area contributed by atoms with E-state index in [1.54, 1.807) is 22.6 Å². The molecule has 0 atom stereocenters. The summed E-state index contributed by atoms with van der Waals surface area (Å²) < 4.78 is 339. The quantitative estimate of drug-likeness (QED) is 0.0993. The molecule has 0 aliphatic carbocycles. The van der Waals surface area contributed by atoms with Crippen molar-refractivity contribution in [1.82, 2.24) is 0 Å². The highest BCUT2D eigenvalue weighted by Crippen LogP contribution is 2.64. The van der Waals surface area contributed by atoms with Gasteiger partial charge in [0, 0.05) is 4.43 Å². The van der Waals surface area contributed by atoms with E-state index in [1.165, 1.54) is 0 Å². The van der Waals surface area contributed by atoms with E-state index in [-0.39, 0.29) is 24.1 Å². The Bertz CT molecular complexity index is 1270. The van der Waals surface area contributed by atoms with Gasteiger partial charge in [-0.3, -0.25) is 0 Å². The SMILES string of the molecule is FC(F)(F)C(F)(F)C(F)(F)C(F)(F)C(F)(F)C(F)(F)OC(F)(F)C(F)(F)C(F)(F)C(F)(F)C(F)(F)C(F)(F)Oc1ccc(CCI)cc1. The molecule has 28 heteroatoms. The molecule has 0 amide bonds. The Hall–Kier alpha value is -2.04. The lowest BCUT2D eigenvalue weighted by Crippen LogP contribution is -2.74. The molecule has 1 aromatic carbocycles. The Kier molecular flexibility index (Phi) is 11.3. The summed E-state index contributed by atoms with van der Waals surface area (Å²) in [6.45, 7) is 0. The zero-order valence-corrected chi connectivity index (χ0v) is 23.5. The van der Waals surface area contributed by atoms with E-state index in [0.29, 0.717) is 4.43 Å². The van der Waals surface area contributed by atoms with Gasteiger partial charge in [-0.1, -0.05) is 34.7 Å². The van der Waals surface area contributed by atoms with Gasteiger partial charge in [-0.25, -0.2) is 4.74 Å². The normalized spacial score (nSPS) is 16.0. The molecule has 0 N–H and O–H groups in total. The summed E-state index contributed by atoms with van der Waals surface area (Å²) in [5.74, 6) is -72.2. The summed E-state index contributed by atoms with van der Waals surface area (Å²) >= 11 is 1.75. The topological polar surface area (TPSA) is 18.5 Å². The number of rotatable bonds is 15. The Balaban J connectivity index is 3.62. The minimum atomic E-state index is -9.08. The molecule has 0 heterocycles. The van der Waals surface area contributed by atoms with Crippen LogP contribution in [0.15, 0.2) is 24.3 Å². The zero-order chi connectivity index (χ0) is 38.8. The van der Waals surface area contributed by atoms with Gasteiger partial charge in [-0.2, -0.15) is 110 Å². The maximum atomic E-state index is 14.0. The molecular formula is C20H8F25IO2. The number of hydrogen-bond acceptors (Lipinski definition) is 2. The lowest BCUT2D eigenvalue weighted by atomic mass is 9.96. The molecule has 1 rings (SSSR count). The second-order valence-electron chi connectivity index (χ2n) is 8.93. The highest BCUT2D eigenvalue weighted by atomic mass is 127. The van der Waals surface area contributed by atoms with Crippen LogP contribution in [0.1, 0.15) is 5.56 Å². The zero-order valence-electron chi connectivity index (χ0n) is 21.4. The fourth-order valence-corrected chi connectivity index (χ4v) is 3.47. The number of ether oxygens (including phenoxy) is 2. The summed E-state index contributed by atoms with van der Waals surface area (Å²) in [7, 11) is 0. The van der Waals surface area contributed by atoms with Crippen LogP contribution in [-0.4, -0.2) is 76.3 Å². The molecule has 48 heavy (non-hydrogen) atoms. The van der Waals surface area contributed by atoms with Gasteiger partial charge in [0.05, 0.1) is 0 Å². The highest BCUT2D eigenvalue weighted by Gasteiger charge is 2.95. The molecule has 0 saturated carbocycles. The van der Waals surface area contributed by atoms with Crippen molar-refractivity contribution in [1.29, 1.82) is 0 Å². The summed E-state index contributed by atoms with van der Waals surface area (Å²) in [5.41, 5.74) is 0.184. The van der Waals surface area contributed by atoms with Gasteiger partial charge >= 0.3 is 71.9 Å². The second kappa shape index (κ2) is 12.3. The van der Waals surface area contributed by atoms with Crippen LogP contribution in [0.25, 0.3) is 0 Å². The van der Waals surface area contributed by atoms with Crippen LogP contribution in [0.5, 0.6) is 5.75 Å². The van der Waals surface area contributed by atoms with E-state index in [4.69, 9.17) is 0 Å². The summed E-state index contributed by atoms with van der Waals surface area (Å²) in [6.07, 6.45) is -32.8.